The summed E-state index contributed by atoms with van der Waals surface area (Å²) in [4.78, 5) is 12.8. The Labute approximate surface area is 161 Å². The molecule has 0 unspecified atom stereocenters. The van der Waals surface area contributed by atoms with Crippen molar-refractivity contribution in [1.29, 1.82) is 0 Å². The van der Waals surface area contributed by atoms with E-state index < -0.39 is 0 Å². The summed E-state index contributed by atoms with van der Waals surface area (Å²) in [6, 6.07) is 15.8. The highest BCUT2D eigenvalue weighted by Gasteiger charge is 2.23. The third-order valence-electron chi connectivity index (χ3n) is 5.07. The standard InChI is InChI=1S/C23H27NO3/c1-26-20-12-8-17(9-13-20)16-22(18-10-14-21(27-2)15-11-18)24-23(25)19-6-4-3-5-7-19/h3-4,8-15,19,22H,5-7,16H2,1-2H3,(H,24,25)/t19-,22-/m1/s1. The first kappa shape index (κ1) is 19.0. The molecule has 3 rings (SSSR count). The van der Waals surface area contributed by atoms with Crippen molar-refractivity contribution in [2.75, 3.05) is 14.2 Å². The molecule has 0 saturated carbocycles. The average molecular weight is 365 g/mol. The average Bonchev–Trinajstić information content (AvgIpc) is 2.74. The first-order valence-electron chi connectivity index (χ1n) is 9.42. The Hall–Kier alpha value is -2.75. The molecule has 0 radical (unpaired) electrons. The van der Waals surface area contributed by atoms with Crippen molar-refractivity contribution in [3.63, 3.8) is 0 Å². The molecule has 27 heavy (non-hydrogen) atoms. The molecule has 0 spiro atoms. The first-order valence-corrected chi connectivity index (χ1v) is 9.42. The zero-order valence-corrected chi connectivity index (χ0v) is 16.0. The van der Waals surface area contributed by atoms with Crippen molar-refractivity contribution >= 4 is 5.91 Å². The summed E-state index contributed by atoms with van der Waals surface area (Å²) in [5, 5.41) is 3.27. The normalized spacial score (nSPS) is 17.2. The van der Waals surface area contributed by atoms with Gasteiger partial charge in [0.15, 0.2) is 0 Å². The largest absolute Gasteiger partial charge is 0.497 e. The van der Waals surface area contributed by atoms with Gasteiger partial charge in [0.05, 0.1) is 20.3 Å². The number of hydrogen-bond donors (Lipinski definition) is 1. The molecule has 2 atom stereocenters. The summed E-state index contributed by atoms with van der Waals surface area (Å²) >= 11 is 0. The maximum atomic E-state index is 12.8. The van der Waals surface area contributed by atoms with E-state index in [2.05, 4.69) is 17.5 Å². The summed E-state index contributed by atoms with van der Waals surface area (Å²) in [7, 11) is 3.32. The number of carbonyl (C=O) groups excluding carboxylic acids is 1. The predicted molar refractivity (Wildman–Crippen MR) is 107 cm³/mol. The van der Waals surface area contributed by atoms with E-state index in [1.165, 1.54) is 0 Å². The van der Waals surface area contributed by atoms with Gasteiger partial charge >= 0.3 is 0 Å². The van der Waals surface area contributed by atoms with Crippen molar-refractivity contribution in [2.24, 2.45) is 5.92 Å². The fraction of sp³-hybridized carbons (Fsp3) is 0.348. The molecular formula is C23H27NO3. The zero-order valence-electron chi connectivity index (χ0n) is 16.0. The summed E-state index contributed by atoms with van der Waals surface area (Å²) in [5.41, 5.74) is 2.23. The molecule has 1 N–H and O–H groups in total. The second kappa shape index (κ2) is 9.26. The van der Waals surface area contributed by atoms with Crippen molar-refractivity contribution in [3.05, 3.63) is 71.8 Å². The molecule has 4 nitrogen and oxygen atoms in total. The number of rotatable bonds is 7. The molecule has 1 aliphatic rings. The van der Waals surface area contributed by atoms with E-state index in [9.17, 15) is 4.79 Å². The van der Waals surface area contributed by atoms with Crippen LogP contribution in [0.1, 0.15) is 36.4 Å². The van der Waals surface area contributed by atoms with E-state index >= 15 is 0 Å². The van der Waals surface area contributed by atoms with Gasteiger partial charge in [-0.25, -0.2) is 0 Å². The maximum absolute atomic E-state index is 12.8. The molecule has 0 heterocycles. The number of ether oxygens (including phenoxy) is 2. The highest BCUT2D eigenvalue weighted by molar-refractivity contribution is 5.79. The minimum atomic E-state index is -0.0808. The van der Waals surface area contributed by atoms with Gasteiger partial charge in [-0.2, -0.15) is 0 Å². The van der Waals surface area contributed by atoms with Gasteiger partial charge in [0.1, 0.15) is 11.5 Å². The van der Waals surface area contributed by atoms with Crippen LogP contribution in [0.15, 0.2) is 60.7 Å². The van der Waals surface area contributed by atoms with Crippen LogP contribution in [0.2, 0.25) is 0 Å². The molecule has 142 valence electrons. The number of hydrogen-bond acceptors (Lipinski definition) is 3. The summed E-state index contributed by atoms with van der Waals surface area (Å²) in [6.07, 6.45) is 7.71. The van der Waals surface area contributed by atoms with E-state index in [-0.39, 0.29) is 17.9 Å². The van der Waals surface area contributed by atoms with Gasteiger partial charge in [0, 0.05) is 5.92 Å². The topological polar surface area (TPSA) is 47.6 Å². The minimum Gasteiger partial charge on any atom is -0.497 e. The van der Waals surface area contributed by atoms with Gasteiger partial charge in [-0.1, -0.05) is 36.4 Å². The van der Waals surface area contributed by atoms with Crippen LogP contribution in [0.3, 0.4) is 0 Å². The molecule has 1 aliphatic carbocycles. The molecule has 0 fully saturated rings. The van der Waals surface area contributed by atoms with Crippen LogP contribution in [0.4, 0.5) is 0 Å². The number of amides is 1. The Morgan fingerprint density at radius 2 is 1.63 bits per heavy atom. The lowest BCUT2D eigenvalue weighted by Gasteiger charge is -2.24. The lowest BCUT2D eigenvalue weighted by molar-refractivity contribution is -0.126. The fourth-order valence-electron chi connectivity index (χ4n) is 3.41. The van der Waals surface area contributed by atoms with Gasteiger partial charge < -0.3 is 14.8 Å². The van der Waals surface area contributed by atoms with Crippen molar-refractivity contribution in [2.45, 2.75) is 31.7 Å². The SMILES string of the molecule is COc1ccc(C[C@@H](NC(=O)[C@@H]2CC=CCC2)c2ccc(OC)cc2)cc1. The molecule has 0 saturated heterocycles. The van der Waals surface area contributed by atoms with Crippen LogP contribution in [0.5, 0.6) is 11.5 Å². The van der Waals surface area contributed by atoms with Crippen molar-refractivity contribution in [3.8, 4) is 11.5 Å². The monoisotopic (exact) mass is 365 g/mol. The predicted octanol–water partition coefficient (Wildman–Crippen LogP) is 4.46. The third-order valence-corrected chi connectivity index (χ3v) is 5.07. The third kappa shape index (κ3) is 5.13. The number of nitrogens with one attached hydrogen (secondary N) is 1. The summed E-state index contributed by atoms with van der Waals surface area (Å²) in [6.45, 7) is 0. The molecular weight excluding hydrogens is 338 g/mol. The van der Waals surface area contributed by atoms with E-state index in [0.29, 0.717) is 0 Å². The van der Waals surface area contributed by atoms with Gasteiger partial charge in [0.25, 0.3) is 0 Å². The number of allylic oxidation sites excluding steroid dienone is 2. The Morgan fingerprint density at radius 1 is 1.00 bits per heavy atom. The molecule has 0 aromatic heterocycles. The lowest BCUT2D eigenvalue weighted by atomic mass is 9.92. The molecule has 2 aromatic rings. The van der Waals surface area contributed by atoms with Gasteiger partial charge in [-0.05, 0) is 61.1 Å². The Morgan fingerprint density at radius 3 is 2.19 bits per heavy atom. The Bertz CT molecular complexity index is 765. The highest BCUT2D eigenvalue weighted by atomic mass is 16.5. The van der Waals surface area contributed by atoms with Gasteiger partial charge in [0.2, 0.25) is 5.91 Å². The van der Waals surface area contributed by atoms with E-state index in [0.717, 1.165) is 48.3 Å². The maximum Gasteiger partial charge on any atom is 0.223 e. The minimum absolute atomic E-state index is 0.0617. The number of benzene rings is 2. The first-order chi connectivity index (χ1) is 13.2. The smallest absolute Gasteiger partial charge is 0.223 e. The number of methoxy groups -OCH3 is 2. The molecule has 4 heteroatoms. The summed E-state index contributed by atoms with van der Waals surface area (Å²) < 4.78 is 10.5. The molecule has 0 aliphatic heterocycles. The number of carbonyl (C=O) groups is 1. The van der Waals surface area contributed by atoms with E-state index in [1.807, 2.05) is 48.5 Å². The van der Waals surface area contributed by atoms with Crippen LogP contribution in [-0.2, 0) is 11.2 Å². The second-order valence-corrected chi connectivity index (χ2v) is 6.87. The van der Waals surface area contributed by atoms with Crippen LogP contribution in [-0.4, -0.2) is 20.1 Å². The molecule has 0 bridgehead atoms. The molecule has 2 aromatic carbocycles. The van der Waals surface area contributed by atoms with Crippen LogP contribution in [0.25, 0.3) is 0 Å². The summed E-state index contributed by atoms with van der Waals surface area (Å²) in [5.74, 6) is 1.84. The van der Waals surface area contributed by atoms with Crippen LogP contribution < -0.4 is 14.8 Å². The van der Waals surface area contributed by atoms with E-state index in [1.54, 1.807) is 14.2 Å². The van der Waals surface area contributed by atoms with Gasteiger partial charge in [-0.3, -0.25) is 4.79 Å². The Balaban J connectivity index is 1.78. The van der Waals surface area contributed by atoms with Crippen molar-refractivity contribution in [1.82, 2.24) is 5.32 Å². The second-order valence-electron chi connectivity index (χ2n) is 6.87. The molecule has 1 amide bonds. The Kier molecular flexibility index (Phi) is 6.53. The van der Waals surface area contributed by atoms with Crippen molar-refractivity contribution < 1.29 is 14.3 Å². The highest BCUT2D eigenvalue weighted by Crippen LogP contribution is 2.25. The van der Waals surface area contributed by atoms with E-state index in [4.69, 9.17) is 9.47 Å². The van der Waals surface area contributed by atoms with Crippen LogP contribution in [0, 0.1) is 5.92 Å². The van der Waals surface area contributed by atoms with Gasteiger partial charge in [-0.15, -0.1) is 0 Å². The van der Waals surface area contributed by atoms with Crippen LogP contribution >= 0.6 is 0 Å². The quantitative estimate of drug-likeness (QED) is 0.737. The fourth-order valence-corrected chi connectivity index (χ4v) is 3.41. The zero-order chi connectivity index (χ0) is 19.1. The lowest BCUT2D eigenvalue weighted by Crippen LogP contribution is -2.35.